The van der Waals surface area contributed by atoms with Crippen LogP contribution < -0.4 is 0 Å². The van der Waals surface area contributed by atoms with E-state index in [0.29, 0.717) is 6.04 Å². The number of carboxylic acid groups (broad SMARTS) is 1. The first-order chi connectivity index (χ1) is 9.40. The summed E-state index contributed by atoms with van der Waals surface area (Å²) in [5, 5.41) is 9.64. The molecule has 1 saturated carbocycles. The third kappa shape index (κ3) is 2.18. The van der Waals surface area contributed by atoms with Gasteiger partial charge in [0.1, 0.15) is 5.52 Å². The highest BCUT2D eigenvalue weighted by Crippen LogP contribution is 2.57. The van der Waals surface area contributed by atoms with Crippen LogP contribution in [0.1, 0.15) is 31.9 Å². The Morgan fingerprint density at radius 3 is 2.90 bits per heavy atom. The van der Waals surface area contributed by atoms with Gasteiger partial charge in [0.25, 0.3) is 0 Å². The quantitative estimate of drug-likeness (QED) is 0.877. The Morgan fingerprint density at radius 2 is 2.30 bits per heavy atom. The van der Waals surface area contributed by atoms with Gasteiger partial charge in [-0.3, -0.25) is 9.36 Å². The molecule has 1 fully saturated rings. The summed E-state index contributed by atoms with van der Waals surface area (Å²) in [7, 11) is 0. The largest absolute Gasteiger partial charge is 0.481 e. The molecule has 1 aliphatic carbocycles. The molecule has 5 nitrogen and oxygen atoms in total. The van der Waals surface area contributed by atoms with Crippen LogP contribution in [-0.4, -0.2) is 31.4 Å². The van der Waals surface area contributed by atoms with Gasteiger partial charge in [0.2, 0.25) is 0 Å². The molecular formula is C14H17N3O2S. The normalized spacial score (nSPS) is 20.2. The Hall–Kier alpha value is -1.56. The van der Waals surface area contributed by atoms with Crippen molar-refractivity contribution in [2.45, 2.75) is 38.4 Å². The fourth-order valence-corrected chi connectivity index (χ4v) is 3.24. The zero-order chi connectivity index (χ0) is 14.5. The number of fused-ring (bicyclic) bond motifs is 1. The maximum atomic E-state index is 10.8. The Bertz CT molecular complexity index is 693. The monoisotopic (exact) mass is 291 g/mol. The van der Waals surface area contributed by atoms with Crippen LogP contribution in [0.15, 0.2) is 17.4 Å². The molecule has 0 aromatic carbocycles. The summed E-state index contributed by atoms with van der Waals surface area (Å²) in [4.78, 5) is 19.9. The maximum absolute atomic E-state index is 10.8. The van der Waals surface area contributed by atoms with Gasteiger partial charge in [0.15, 0.2) is 10.8 Å². The average molecular weight is 291 g/mol. The minimum Gasteiger partial charge on any atom is -0.481 e. The lowest BCUT2D eigenvalue weighted by molar-refractivity contribution is -0.133. The molecule has 6 heteroatoms. The van der Waals surface area contributed by atoms with Gasteiger partial charge in [-0.05, 0) is 30.4 Å². The number of hydrogen-bond donors (Lipinski definition) is 1. The lowest BCUT2D eigenvalue weighted by Crippen LogP contribution is -2.05. The lowest BCUT2D eigenvalue weighted by Gasteiger charge is -2.09. The van der Waals surface area contributed by atoms with Crippen LogP contribution in [0.5, 0.6) is 0 Å². The van der Waals surface area contributed by atoms with E-state index in [2.05, 4.69) is 28.4 Å². The lowest BCUT2D eigenvalue weighted by atomic mass is 10.2. The van der Waals surface area contributed by atoms with E-state index in [4.69, 9.17) is 5.11 Å². The summed E-state index contributed by atoms with van der Waals surface area (Å²) in [5.74, 6) is -0.802. The van der Waals surface area contributed by atoms with E-state index >= 15 is 0 Å². The number of carbonyl (C=O) groups is 1. The van der Waals surface area contributed by atoms with Crippen molar-refractivity contribution >= 4 is 28.9 Å². The number of carboxylic acids is 1. The van der Waals surface area contributed by atoms with E-state index in [9.17, 15) is 4.79 Å². The van der Waals surface area contributed by atoms with Gasteiger partial charge >= 0.3 is 5.97 Å². The molecule has 3 rings (SSSR count). The molecule has 0 spiro atoms. The summed E-state index contributed by atoms with van der Waals surface area (Å²) in [5.41, 5.74) is 3.05. The average Bonchev–Trinajstić information content (AvgIpc) is 2.84. The van der Waals surface area contributed by atoms with Crippen molar-refractivity contribution in [1.29, 1.82) is 0 Å². The van der Waals surface area contributed by atoms with Gasteiger partial charge in [-0.25, -0.2) is 9.97 Å². The molecule has 1 N–H and O–H groups in total. The van der Waals surface area contributed by atoms with Crippen LogP contribution >= 0.6 is 11.8 Å². The molecule has 0 radical (unpaired) electrons. The Labute approximate surface area is 121 Å². The van der Waals surface area contributed by atoms with Crippen LogP contribution in [0.25, 0.3) is 11.2 Å². The Kier molecular flexibility index (Phi) is 3.01. The number of thioether (sulfide) groups is 1. The smallest absolute Gasteiger partial charge is 0.313 e. The number of rotatable bonds is 4. The van der Waals surface area contributed by atoms with Crippen molar-refractivity contribution < 1.29 is 9.90 Å². The third-order valence-electron chi connectivity index (χ3n) is 3.85. The standard InChI is InChI=1S/C14H17N3O2S/c1-8-4-5-15-12-11(8)16-13(20-7-10(18)19)17(12)9-6-14(9,2)3/h4-5,9H,6-7H2,1-3H3,(H,18,19). The molecule has 0 saturated heterocycles. The molecule has 1 aliphatic rings. The number of pyridine rings is 1. The molecule has 2 aromatic heterocycles. The second kappa shape index (κ2) is 4.48. The van der Waals surface area contributed by atoms with E-state index in [1.54, 1.807) is 6.20 Å². The molecule has 0 bridgehead atoms. The SMILES string of the molecule is Cc1ccnc2c1nc(SCC(=O)O)n2C1CC1(C)C. The second-order valence-corrected chi connectivity index (χ2v) is 6.90. The molecule has 2 aromatic rings. The summed E-state index contributed by atoms with van der Waals surface area (Å²) in [6.07, 6.45) is 2.87. The Balaban J connectivity index is 2.10. The minimum absolute atomic E-state index is 0.0233. The van der Waals surface area contributed by atoms with E-state index in [1.807, 2.05) is 13.0 Å². The van der Waals surface area contributed by atoms with Crippen LogP contribution in [0.2, 0.25) is 0 Å². The van der Waals surface area contributed by atoms with Crippen molar-refractivity contribution in [3.63, 3.8) is 0 Å². The fourth-order valence-electron chi connectivity index (χ4n) is 2.48. The summed E-state index contributed by atoms with van der Waals surface area (Å²) < 4.78 is 2.12. The van der Waals surface area contributed by atoms with Crippen molar-refractivity contribution in [1.82, 2.24) is 14.5 Å². The highest BCUT2D eigenvalue weighted by atomic mass is 32.2. The first-order valence-electron chi connectivity index (χ1n) is 6.58. The zero-order valence-corrected chi connectivity index (χ0v) is 12.6. The van der Waals surface area contributed by atoms with Gasteiger partial charge in [0, 0.05) is 12.2 Å². The van der Waals surface area contributed by atoms with Crippen molar-refractivity contribution in [3.05, 3.63) is 17.8 Å². The van der Waals surface area contributed by atoms with Crippen LogP contribution in [-0.2, 0) is 4.79 Å². The summed E-state index contributed by atoms with van der Waals surface area (Å²) in [6, 6.07) is 2.29. The number of aliphatic carboxylic acids is 1. The molecule has 106 valence electrons. The van der Waals surface area contributed by atoms with Gasteiger partial charge in [-0.15, -0.1) is 0 Å². The van der Waals surface area contributed by atoms with Gasteiger partial charge in [0.05, 0.1) is 5.75 Å². The van der Waals surface area contributed by atoms with Crippen molar-refractivity contribution in [2.75, 3.05) is 5.75 Å². The van der Waals surface area contributed by atoms with Crippen molar-refractivity contribution in [3.8, 4) is 0 Å². The third-order valence-corrected chi connectivity index (χ3v) is 4.78. The minimum atomic E-state index is -0.826. The van der Waals surface area contributed by atoms with E-state index in [-0.39, 0.29) is 11.2 Å². The van der Waals surface area contributed by atoms with Crippen LogP contribution in [0, 0.1) is 12.3 Å². The second-order valence-electron chi connectivity index (χ2n) is 5.96. The highest BCUT2D eigenvalue weighted by molar-refractivity contribution is 7.99. The van der Waals surface area contributed by atoms with Crippen LogP contribution in [0.3, 0.4) is 0 Å². The number of hydrogen-bond acceptors (Lipinski definition) is 4. The first-order valence-corrected chi connectivity index (χ1v) is 7.57. The molecular weight excluding hydrogens is 274 g/mol. The fraction of sp³-hybridized carbons (Fsp3) is 0.500. The summed E-state index contributed by atoms with van der Waals surface area (Å²) in [6.45, 7) is 6.43. The number of aromatic nitrogens is 3. The summed E-state index contributed by atoms with van der Waals surface area (Å²) >= 11 is 1.27. The number of imidazole rings is 1. The zero-order valence-electron chi connectivity index (χ0n) is 11.8. The van der Waals surface area contributed by atoms with E-state index in [1.165, 1.54) is 11.8 Å². The Morgan fingerprint density at radius 1 is 1.60 bits per heavy atom. The van der Waals surface area contributed by atoms with Crippen molar-refractivity contribution in [2.24, 2.45) is 5.41 Å². The van der Waals surface area contributed by atoms with Crippen LogP contribution in [0.4, 0.5) is 0 Å². The predicted octanol–water partition coefficient (Wildman–Crippen LogP) is 2.89. The molecule has 1 unspecified atom stereocenters. The topological polar surface area (TPSA) is 68.0 Å². The predicted molar refractivity (Wildman–Crippen MR) is 78.1 cm³/mol. The van der Waals surface area contributed by atoms with E-state index in [0.717, 1.165) is 28.3 Å². The van der Waals surface area contributed by atoms with E-state index < -0.39 is 5.97 Å². The highest BCUT2D eigenvalue weighted by Gasteiger charge is 2.49. The van der Waals surface area contributed by atoms with Gasteiger partial charge in [-0.2, -0.15) is 0 Å². The first kappa shape index (κ1) is 13.4. The molecule has 2 heterocycles. The van der Waals surface area contributed by atoms with Gasteiger partial charge < -0.3 is 5.11 Å². The van der Waals surface area contributed by atoms with Gasteiger partial charge in [-0.1, -0.05) is 25.6 Å². The maximum Gasteiger partial charge on any atom is 0.313 e. The molecule has 0 amide bonds. The molecule has 20 heavy (non-hydrogen) atoms. The number of nitrogens with zero attached hydrogens (tertiary/aromatic N) is 3. The molecule has 0 aliphatic heterocycles. The molecule has 1 atom stereocenters. The number of aryl methyl sites for hydroxylation is 1.